The number of methoxy groups -OCH3 is 2. The summed E-state index contributed by atoms with van der Waals surface area (Å²) in [5, 5.41) is 5.04. The number of benzene rings is 1. The van der Waals surface area contributed by atoms with Crippen molar-refractivity contribution in [3.63, 3.8) is 0 Å². The van der Waals surface area contributed by atoms with Crippen LogP contribution in [0.3, 0.4) is 0 Å². The van der Waals surface area contributed by atoms with E-state index in [2.05, 4.69) is 5.16 Å². The van der Waals surface area contributed by atoms with Gasteiger partial charge in [-0.05, 0) is 19.1 Å². The van der Waals surface area contributed by atoms with Crippen LogP contribution in [0.2, 0.25) is 0 Å². The highest BCUT2D eigenvalue weighted by molar-refractivity contribution is 8.13. The number of halogens is 1. The number of thioether (sulfide) groups is 1. The van der Waals surface area contributed by atoms with Crippen molar-refractivity contribution in [2.45, 2.75) is 24.7 Å². The van der Waals surface area contributed by atoms with E-state index in [0.717, 1.165) is 28.5 Å². The first-order valence-electron chi connectivity index (χ1n) is 6.25. The van der Waals surface area contributed by atoms with E-state index in [9.17, 15) is 0 Å². The van der Waals surface area contributed by atoms with Crippen molar-refractivity contribution in [3.8, 4) is 11.5 Å². The van der Waals surface area contributed by atoms with Gasteiger partial charge >= 0.3 is 0 Å². The van der Waals surface area contributed by atoms with E-state index >= 15 is 0 Å². The lowest BCUT2D eigenvalue weighted by atomic mass is 10.1. The summed E-state index contributed by atoms with van der Waals surface area (Å²) in [4.78, 5) is 5.38. The van der Waals surface area contributed by atoms with Crippen molar-refractivity contribution < 1.29 is 14.3 Å². The zero-order valence-electron chi connectivity index (χ0n) is 11.8. The Morgan fingerprint density at radius 1 is 1.35 bits per heavy atom. The summed E-state index contributed by atoms with van der Waals surface area (Å²) in [5.74, 6) is 2.78. The van der Waals surface area contributed by atoms with E-state index in [0.29, 0.717) is 11.6 Å². The average Bonchev–Trinajstić information content (AvgIpc) is 2.87. The van der Waals surface area contributed by atoms with Crippen LogP contribution >= 0.6 is 23.4 Å². The highest BCUT2D eigenvalue weighted by Gasteiger charge is 2.33. The maximum absolute atomic E-state index is 5.88. The van der Waals surface area contributed by atoms with E-state index < -0.39 is 0 Å². The Morgan fingerprint density at radius 3 is 2.50 bits per heavy atom. The summed E-state index contributed by atoms with van der Waals surface area (Å²) in [6.07, 6.45) is 0.735. The van der Waals surface area contributed by atoms with Gasteiger partial charge in [0.15, 0.2) is 5.60 Å². The number of alkyl halides is 1. The van der Waals surface area contributed by atoms with Crippen LogP contribution in [0.5, 0.6) is 11.5 Å². The summed E-state index contributed by atoms with van der Waals surface area (Å²) < 4.78 is 10.8. The molecule has 20 heavy (non-hydrogen) atoms. The van der Waals surface area contributed by atoms with Crippen LogP contribution < -0.4 is 9.47 Å². The summed E-state index contributed by atoms with van der Waals surface area (Å²) >= 11 is 7.50. The number of oxime groups is 1. The fraction of sp³-hybridized carbons (Fsp3) is 0.500. The molecule has 0 N–H and O–H groups in total. The molecule has 1 aliphatic rings. The van der Waals surface area contributed by atoms with Crippen molar-refractivity contribution in [2.24, 2.45) is 5.16 Å². The monoisotopic (exact) mass is 315 g/mol. The Balaban J connectivity index is 2.05. The molecule has 1 unspecified atom stereocenters. The van der Waals surface area contributed by atoms with E-state index in [-0.39, 0.29) is 5.60 Å². The third kappa shape index (κ3) is 3.33. The standard InChI is InChI=1S/C14H18ClNO3S/c1-14(9-15)7-13(16-19-14)20-8-10-11(17-2)5-4-6-12(10)18-3/h4-6H,7-9H2,1-3H3. The van der Waals surface area contributed by atoms with Crippen LogP contribution in [-0.4, -0.2) is 30.7 Å². The second-order valence-corrected chi connectivity index (χ2v) is 6.08. The van der Waals surface area contributed by atoms with Gasteiger partial charge in [-0.1, -0.05) is 11.2 Å². The summed E-state index contributed by atoms with van der Waals surface area (Å²) in [7, 11) is 3.31. The third-order valence-electron chi connectivity index (χ3n) is 3.09. The molecule has 0 spiro atoms. The molecule has 0 aromatic heterocycles. The fourth-order valence-corrected chi connectivity index (χ4v) is 3.16. The Hall–Kier alpha value is -1.07. The third-order valence-corrected chi connectivity index (χ3v) is 4.64. The molecule has 1 heterocycles. The Bertz CT molecular complexity index is 487. The second-order valence-electron chi connectivity index (χ2n) is 4.77. The molecular formula is C14H18ClNO3S. The molecule has 0 saturated heterocycles. The first kappa shape index (κ1) is 15.3. The van der Waals surface area contributed by atoms with E-state index in [4.69, 9.17) is 25.9 Å². The minimum Gasteiger partial charge on any atom is -0.496 e. The second kappa shape index (κ2) is 6.59. The van der Waals surface area contributed by atoms with Crippen molar-refractivity contribution in [3.05, 3.63) is 23.8 Å². The predicted octanol–water partition coefficient (Wildman–Crippen LogP) is 3.67. The predicted molar refractivity (Wildman–Crippen MR) is 83.1 cm³/mol. The quantitative estimate of drug-likeness (QED) is 0.777. The van der Waals surface area contributed by atoms with Crippen LogP contribution in [0.1, 0.15) is 18.9 Å². The first-order chi connectivity index (χ1) is 9.61. The van der Waals surface area contributed by atoms with Crippen molar-refractivity contribution >= 4 is 28.4 Å². The normalized spacial score (nSPS) is 21.3. The lowest BCUT2D eigenvalue weighted by Crippen LogP contribution is -2.26. The number of hydrogen-bond acceptors (Lipinski definition) is 5. The van der Waals surface area contributed by atoms with E-state index in [1.54, 1.807) is 26.0 Å². The smallest absolute Gasteiger partial charge is 0.154 e. The first-order valence-corrected chi connectivity index (χ1v) is 7.77. The lowest BCUT2D eigenvalue weighted by molar-refractivity contribution is 0.0152. The van der Waals surface area contributed by atoms with Gasteiger partial charge in [-0.25, -0.2) is 0 Å². The molecule has 110 valence electrons. The minimum atomic E-state index is -0.380. The molecule has 0 aliphatic carbocycles. The number of nitrogens with zero attached hydrogens (tertiary/aromatic N) is 1. The Labute approximate surface area is 128 Å². The van der Waals surface area contributed by atoms with Gasteiger partial charge in [0.1, 0.15) is 16.5 Å². The lowest BCUT2D eigenvalue weighted by Gasteiger charge is -2.16. The molecule has 1 aliphatic heterocycles. The van der Waals surface area contributed by atoms with Gasteiger partial charge in [0.25, 0.3) is 0 Å². The molecule has 0 fully saturated rings. The van der Waals surface area contributed by atoms with Crippen molar-refractivity contribution in [1.29, 1.82) is 0 Å². The molecule has 0 saturated carbocycles. The van der Waals surface area contributed by atoms with Gasteiger partial charge in [0.05, 0.1) is 20.1 Å². The molecule has 0 radical (unpaired) electrons. The van der Waals surface area contributed by atoms with Crippen LogP contribution in [-0.2, 0) is 10.6 Å². The summed E-state index contributed by atoms with van der Waals surface area (Å²) in [6, 6.07) is 5.76. The van der Waals surface area contributed by atoms with Crippen LogP contribution in [0, 0.1) is 0 Å². The zero-order valence-corrected chi connectivity index (χ0v) is 13.4. The van der Waals surface area contributed by atoms with Crippen LogP contribution in [0.4, 0.5) is 0 Å². The molecule has 0 amide bonds. The summed E-state index contributed by atoms with van der Waals surface area (Å²) in [6.45, 7) is 1.96. The highest BCUT2D eigenvalue weighted by Crippen LogP contribution is 2.35. The molecule has 1 aromatic rings. The van der Waals surface area contributed by atoms with Gasteiger partial charge in [-0.2, -0.15) is 0 Å². The highest BCUT2D eigenvalue weighted by atomic mass is 35.5. The average molecular weight is 316 g/mol. The maximum Gasteiger partial charge on any atom is 0.154 e. The molecule has 2 rings (SSSR count). The molecular weight excluding hydrogens is 298 g/mol. The SMILES string of the molecule is COc1cccc(OC)c1CSC1=NOC(C)(CCl)C1. The molecule has 1 aromatic carbocycles. The van der Waals surface area contributed by atoms with Crippen LogP contribution in [0.25, 0.3) is 0 Å². The van der Waals surface area contributed by atoms with Gasteiger partial charge in [-0.15, -0.1) is 23.4 Å². The van der Waals surface area contributed by atoms with E-state index in [1.807, 2.05) is 25.1 Å². The van der Waals surface area contributed by atoms with Gasteiger partial charge in [0, 0.05) is 17.7 Å². The van der Waals surface area contributed by atoms with E-state index in [1.165, 1.54) is 0 Å². The number of rotatable bonds is 5. The Morgan fingerprint density at radius 2 is 2.00 bits per heavy atom. The van der Waals surface area contributed by atoms with Crippen molar-refractivity contribution in [2.75, 3.05) is 20.1 Å². The Kier molecular flexibility index (Phi) is 5.05. The van der Waals surface area contributed by atoms with Gasteiger partial charge in [-0.3, -0.25) is 0 Å². The van der Waals surface area contributed by atoms with Crippen LogP contribution in [0.15, 0.2) is 23.4 Å². The topological polar surface area (TPSA) is 40.0 Å². The fourth-order valence-electron chi connectivity index (χ4n) is 1.92. The minimum absolute atomic E-state index is 0.380. The number of ether oxygens (including phenoxy) is 2. The maximum atomic E-state index is 5.88. The molecule has 1 atom stereocenters. The molecule has 0 bridgehead atoms. The molecule has 4 nitrogen and oxygen atoms in total. The summed E-state index contributed by atoms with van der Waals surface area (Å²) in [5.41, 5.74) is 0.638. The zero-order chi connectivity index (χ0) is 14.6. The van der Waals surface area contributed by atoms with Gasteiger partial charge in [0.2, 0.25) is 0 Å². The van der Waals surface area contributed by atoms with Gasteiger partial charge < -0.3 is 14.3 Å². The number of hydrogen-bond donors (Lipinski definition) is 0. The van der Waals surface area contributed by atoms with Crippen molar-refractivity contribution in [1.82, 2.24) is 0 Å². The molecule has 6 heteroatoms. The largest absolute Gasteiger partial charge is 0.496 e.